The zero-order valence-corrected chi connectivity index (χ0v) is 11.7. The Kier molecular flexibility index (Phi) is 5.56. The number of amides is 1. The van der Waals surface area contributed by atoms with E-state index in [1.807, 2.05) is 20.8 Å². The van der Waals surface area contributed by atoms with Gasteiger partial charge < -0.3 is 10.4 Å². The maximum absolute atomic E-state index is 12.0. The molecule has 1 heterocycles. The Hall–Kier alpha value is -1.13. The first-order chi connectivity index (χ1) is 8.43. The van der Waals surface area contributed by atoms with Crippen molar-refractivity contribution in [3.8, 4) is 0 Å². The molecule has 1 unspecified atom stereocenters. The molecule has 0 radical (unpaired) electrons. The Bertz CT molecular complexity index is 421. The van der Waals surface area contributed by atoms with Gasteiger partial charge in [0, 0.05) is 11.9 Å². The van der Waals surface area contributed by atoms with E-state index in [1.54, 1.807) is 6.07 Å². The molecule has 1 rings (SSSR count). The van der Waals surface area contributed by atoms with E-state index in [2.05, 4.69) is 10.3 Å². The molecule has 2 N–H and O–H groups in total. The number of aryl methyl sites for hydroxylation is 1. The molecule has 0 saturated heterocycles. The average molecular weight is 271 g/mol. The predicted molar refractivity (Wildman–Crippen MR) is 71.8 cm³/mol. The summed E-state index contributed by atoms with van der Waals surface area (Å²) in [6, 6.07) is 1.39. The van der Waals surface area contributed by atoms with E-state index in [1.165, 1.54) is 6.20 Å². The number of hydrogen-bond acceptors (Lipinski definition) is 3. The zero-order valence-electron chi connectivity index (χ0n) is 10.9. The topological polar surface area (TPSA) is 62.2 Å². The molecule has 4 nitrogen and oxygen atoms in total. The highest BCUT2D eigenvalue weighted by Crippen LogP contribution is 2.16. The number of aliphatic hydroxyl groups excluding tert-OH is 1. The van der Waals surface area contributed by atoms with Crippen LogP contribution in [0.1, 0.15) is 36.3 Å². The average Bonchev–Trinajstić information content (AvgIpc) is 2.27. The van der Waals surface area contributed by atoms with Gasteiger partial charge in [0.25, 0.3) is 5.91 Å². The number of halogens is 1. The van der Waals surface area contributed by atoms with Crippen LogP contribution >= 0.6 is 11.6 Å². The summed E-state index contributed by atoms with van der Waals surface area (Å²) in [5, 5.41) is 12.4. The third-order valence-electron chi connectivity index (χ3n) is 2.55. The summed E-state index contributed by atoms with van der Waals surface area (Å²) < 4.78 is 0. The first-order valence-corrected chi connectivity index (χ1v) is 6.35. The Morgan fingerprint density at radius 2 is 2.22 bits per heavy atom. The fraction of sp³-hybridized carbons (Fsp3) is 0.538. The molecule has 1 aromatic heterocycles. The third kappa shape index (κ3) is 4.27. The van der Waals surface area contributed by atoms with Crippen LogP contribution in [0.2, 0.25) is 5.02 Å². The summed E-state index contributed by atoms with van der Waals surface area (Å²) in [6.07, 6.45) is 2.18. The molecule has 0 aliphatic heterocycles. The number of carbonyl (C=O) groups is 1. The van der Waals surface area contributed by atoms with E-state index < -0.39 is 0 Å². The van der Waals surface area contributed by atoms with Gasteiger partial charge in [-0.15, -0.1) is 0 Å². The maximum atomic E-state index is 12.0. The minimum absolute atomic E-state index is 0.0825. The monoisotopic (exact) mass is 270 g/mol. The summed E-state index contributed by atoms with van der Waals surface area (Å²) in [7, 11) is 0. The van der Waals surface area contributed by atoms with Crippen LogP contribution in [-0.2, 0) is 0 Å². The standard InChI is InChI=1S/C13H19ClN2O2/c1-8(2)4-10(7-17)16-13(18)11-6-15-9(3)5-12(11)14/h5-6,8,10,17H,4,7H2,1-3H3,(H,16,18). The number of carbonyl (C=O) groups excluding carboxylic acids is 1. The predicted octanol–water partition coefficient (Wildman–Crippen LogP) is 2.18. The van der Waals surface area contributed by atoms with Gasteiger partial charge in [-0.3, -0.25) is 9.78 Å². The molecule has 0 bridgehead atoms. The van der Waals surface area contributed by atoms with Crippen molar-refractivity contribution in [1.29, 1.82) is 0 Å². The van der Waals surface area contributed by atoms with E-state index in [9.17, 15) is 9.90 Å². The molecule has 0 saturated carbocycles. The zero-order chi connectivity index (χ0) is 13.7. The van der Waals surface area contributed by atoms with Crippen LogP contribution in [0.15, 0.2) is 12.3 Å². The number of aromatic nitrogens is 1. The molecular weight excluding hydrogens is 252 g/mol. The van der Waals surface area contributed by atoms with Crippen molar-refractivity contribution in [3.05, 3.63) is 28.5 Å². The van der Waals surface area contributed by atoms with Gasteiger partial charge in [-0.25, -0.2) is 0 Å². The SMILES string of the molecule is Cc1cc(Cl)c(C(=O)NC(CO)CC(C)C)cn1. The van der Waals surface area contributed by atoms with Crippen LogP contribution in [0.3, 0.4) is 0 Å². The Balaban J connectivity index is 2.74. The first-order valence-electron chi connectivity index (χ1n) is 5.98. The van der Waals surface area contributed by atoms with Crippen LogP contribution in [0.4, 0.5) is 0 Å². The van der Waals surface area contributed by atoms with Crippen molar-refractivity contribution in [3.63, 3.8) is 0 Å². The van der Waals surface area contributed by atoms with E-state index >= 15 is 0 Å². The number of nitrogens with one attached hydrogen (secondary N) is 1. The number of hydrogen-bond donors (Lipinski definition) is 2. The molecule has 18 heavy (non-hydrogen) atoms. The summed E-state index contributed by atoms with van der Waals surface area (Å²) in [4.78, 5) is 16.0. The van der Waals surface area contributed by atoms with E-state index in [0.29, 0.717) is 16.5 Å². The molecule has 0 aliphatic carbocycles. The lowest BCUT2D eigenvalue weighted by molar-refractivity contribution is 0.0908. The second kappa shape index (κ2) is 6.71. The number of nitrogens with zero attached hydrogens (tertiary/aromatic N) is 1. The highest BCUT2D eigenvalue weighted by Gasteiger charge is 2.16. The molecule has 1 amide bonds. The molecule has 1 atom stereocenters. The van der Waals surface area contributed by atoms with Gasteiger partial charge in [-0.2, -0.15) is 0 Å². The van der Waals surface area contributed by atoms with Gasteiger partial charge >= 0.3 is 0 Å². The fourth-order valence-corrected chi connectivity index (χ4v) is 2.00. The number of pyridine rings is 1. The van der Waals surface area contributed by atoms with Gasteiger partial charge in [-0.1, -0.05) is 25.4 Å². The minimum Gasteiger partial charge on any atom is -0.394 e. The Morgan fingerprint density at radius 1 is 1.56 bits per heavy atom. The Morgan fingerprint density at radius 3 is 2.72 bits per heavy atom. The van der Waals surface area contributed by atoms with E-state index in [0.717, 1.165) is 12.1 Å². The molecule has 100 valence electrons. The molecule has 1 aromatic rings. The highest BCUT2D eigenvalue weighted by atomic mass is 35.5. The van der Waals surface area contributed by atoms with Crippen molar-refractivity contribution >= 4 is 17.5 Å². The van der Waals surface area contributed by atoms with Crippen LogP contribution in [0, 0.1) is 12.8 Å². The molecule has 0 fully saturated rings. The second-order valence-electron chi connectivity index (χ2n) is 4.79. The van der Waals surface area contributed by atoms with Crippen LogP contribution in [-0.4, -0.2) is 28.6 Å². The molecular formula is C13H19ClN2O2. The van der Waals surface area contributed by atoms with Gasteiger partial charge in [-0.05, 0) is 25.3 Å². The minimum atomic E-state index is -0.299. The fourth-order valence-electron chi connectivity index (χ4n) is 1.70. The van der Waals surface area contributed by atoms with Gasteiger partial charge in [0.15, 0.2) is 0 Å². The Labute approximate surface area is 112 Å². The highest BCUT2D eigenvalue weighted by molar-refractivity contribution is 6.33. The van der Waals surface area contributed by atoms with Crippen molar-refractivity contribution in [1.82, 2.24) is 10.3 Å². The summed E-state index contributed by atoms with van der Waals surface area (Å²) in [6.45, 7) is 5.80. The van der Waals surface area contributed by atoms with Crippen LogP contribution in [0.25, 0.3) is 0 Å². The van der Waals surface area contributed by atoms with Crippen molar-refractivity contribution < 1.29 is 9.90 Å². The third-order valence-corrected chi connectivity index (χ3v) is 2.86. The van der Waals surface area contributed by atoms with Gasteiger partial charge in [0.05, 0.1) is 23.2 Å². The lowest BCUT2D eigenvalue weighted by Gasteiger charge is -2.18. The molecule has 0 spiro atoms. The molecule has 0 aliphatic rings. The van der Waals surface area contributed by atoms with Crippen LogP contribution in [0.5, 0.6) is 0 Å². The van der Waals surface area contributed by atoms with Crippen LogP contribution < -0.4 is 5.32 Å². The maximum Gasteiger partial charge on any atom is 0.254 e. The quantitative estimate of drug-likeness (QED) is 0.862. The number of rotatable bonds is 5. The second-order valence-corrected chi connectivity index (χ2v) is 5.20. The molecule has 0 aromatic carbocycles. The van der Waals surface area contributed by atoms with E-state index in [-0.39, 0.29) is 18.6 Å². The summed E-state index contributed by atoms with van der Waals surface area (Å²) in [5.74, 6) is 0.0984. The largest absolute Gasteiger partial charge is 0.394 e. The summed E-state index contributed by atoms with van der Waals surface area (Å²) >= 11 is 5.99. The van der Waals surface area contributed by atoms with Gasteiger partial charge in [0.2, 0.25) is 0 Å². The smallest absolute Gasteiger partial charge is 0.254 e. The van der Waals surface area contributed by atoms with Crippen molar-refractivity contribution in [2.75, 3.05) is 6.61 Å². The lowest BCUT2D eigenvalue weighted by atomic mass is 10.0. The molecule has 5 heteroatoms. The summed E-state index contributed by atoms with van der Waals surface area (Å²) in [5.41, 5.74) is 1.10. The van der Waals surface area contributed by atoms with E-state index in [4.69, 9.17) is 11.6 Å². The van der Waals surface area contributed by atoms with Gasteiger partial charge in [0.1, 0.15) is 0 Å². The van der Waals surface area contributed by atoms with Crippen molar-refractivity contribution in [2.45, 2.75) is 33.2 Å². The number of aliphatic hydroxyl groups is 1. The van der Waals surface area contributed by atoms with Crippen molar-refractivity contribution in [2.24, 2.45) is 5.92 Å². The lowest BCUT2D eigenvalue weighted by Crippen LogP contribution is -2.38. The first kappa shape index (κ1) is 14.9. The normalized spacial score (nSPS) is 12.6.